The number of carboxylic acids is 1. The molecule has 0 saturated carbocycles. The van der Waals surface area contributed by atoms with Gasteiger partial charge in [-0.1, -0.05) is 35.5 Å². The van der Waals surface area contributed by atoms with Crippen LogP contribution in [0, 0.1) is 6.92 Å². The van der Waals surface area contributed by atoms with E-state index < -0.39 is 5.97 Å². The number of carboxylic acid groups (broad SMARTS) is 1. The summed E-state index contributed by atoms with van der Waals surface area (Å²) in [5.74, 6) is -0.116. The molecular formula is C16H15NO4. The van der Waals surface area contributed by atoms with Crippen molar-refractivity contribution in [1.29, 1.82) is 0 Å². The second-order valence-electron chi connectivity index (χ2n) is 4.29. The van der Waals surface area contributed by atoms with Gasteiger partial charge >= 0.3 is 5.97 Å². The molecule has 0 spiro atoms. The van der Waals surface area contributed by atoms with Gasteiger partial charge in [0.1, 0.15) is 18.6 Å². The van der Waals surface area contributed by atoms with Crippen LogP contribution < -0.4 is 4.74 Å². The molecule has 5 nitrogen and oxygen atoms in total. The Kier molecular flexibility index (Phi) is 4.56. The predicted molar refractivity (Wildman–Crippen MR) is 78.9 cm³/mol. The van der Waals surface area contributed by atoms with Gasteiger partial charge in [0.25, 0.3) is 0 Å². The predicted octanol–water partition coefficient (Wildman–Crippen LogP) is 3.22. The molecule has 0 aliphatic carbocycles. The van der Waals surface area contributed by atoms with Crippen molar-refractivity contribution in [3.63, 3.8) is 0 Å². The molecule has 0 fully saturated rings. The van der Waals surface area contributed by atoms with Crippen molar-refractivity contribution in [3.05, 3.63) is 59.7 Å². The van der Waals surface area contributed by atoms with Gasteiger partial charge in [0.15, 0.2) is 5.71 Å². The normalized spacial score (nSPS) is 11.0. The van der Waals surface area contributed by atoms with Crippen LogP contribution in [-0.2, 0) is 9.63 Å². The van der Waals surface area contributed by atoms with Crippen LogP contribution in [0.3, 0.4) is 0 Å². The summed E-state index contributed by atoms with van der Waals surface area (Å²) >= 11 is 0. The fourth-order valence-electron chi connectivity index (χ4n) is 1.84. The zero-order chi connectivity index (χ0) is 15.2. The fraction of sp³-hybridized carbons (Fsp3) is 0.125. The Morgan fingerprint density at radius 3 is 2.29 bits per heavy atom. The van der Waals surface area contributed by atoms with Gasteiger partial charge in [-0.05, 0) is 30.7 Å². The van der Waals surface area contributed by atoms with Crippen LogP contribution in [0.5, 0.6) is 11.5 Å². The lowest BCUT2D eigenvalue weighted by atomic mass is 10.1. The number of hydrogen-bond acceptors (Lipinski definition) is 4. The van der Waals surface area contributed by atoms with Crippen molar-refractivity contribution in [1.82, 2.24) is 0 Å². The lowest BCUT2D eigenvalue weighted by Crippen LogP contribution is -2.15. The lowest BCUT2D eigenvalue weighted by molar-refractivity contribution is -0.129. The molecule has 0 aromatic heterocycles. The third-order valence-electron chi connectivity index (χ3n) is 2.84. The first-order valence-electron chi connectivity index (χ1n) is 6.31. The minimum Gasteiger partial charge on any atom is -0.476 e. The van der Waals surface area contributed by atoms with E-state index in [9.17, 15) is 9.90 Å². The van der Waals surface area contributed by atoms with Crippen molar-refractivity contribution in [3.8, 4) is 11.5 Å². The maximum Gasteiger partial charge on any atom is 0.358 e. The number of benzene rings is 2. The summed E-state index contributed by atoms with van der Waals surface area (Å²) in [5.41, 5.74) is 1.10. The molecule has 0 radical (unpaired) electrons. The van der Waals surface area contributed by atoms with E-state index in [4.69, 9.17) is 4.74 Å². The fourth-order valence-corrected chi connectivity index (χ4v) is 1.84. The minimum atomic E-state index is -1.18. The first kappa shape index (κ1) is 14.6. The van der Waals surface area contributed by atoms with Crippen LogP contribution in [0.25, 0.3) is 0 Å². The molecule has 0 aliphatic heterocycles. The zero-order valence-corrected chi connectivity index (χ0v) is 11.7. The van der Waals surface area contributed by atoms with E-state index in [2.05, 4.69) is 9.99 Å². The second-order valence-corrected chi connectivity index (χ2v) is 4.29. The molecular weight excluding hydrogens is 270 g/mol. The monoisotopic (exact) mass is 285 g/mol. The minimum absolute atomic E-state index is 0.207. The van der Waals surface area contributed by atoms with Crippen LogP contribution in [0.15, 0.2) is 53.7 Å². The summed E-state index contributed by atoms with van der Waals surface area (Å²) in [5, 5.41) is 12.8. The van der Waals surface area contributed by atoms with Crippen LogP contribution in [-0.4, -0.2) is 23.9 Å². The Bertz CT molecular complexity index is 679. The highest BCUT2D eigenvalue weighted by atomic mass is 16.6. The number of rotatable bonds is 5. The molecule has 0 heterocycles. The number of para-hydroxylation sites is 2. The number of aryl methyl sites for hydroxylation is 1. The summed E-state index contributed by atoms with van der Waals surface area (Å²) in [6.45, 7) is 1.92. The Hall–Kier alpha value is -2.82. The third kappa shape index (κ3) is 3.39. The largest absolute Gasteiger partial charge is 0.476 e. The molecule has 0 saturated heterocycles. The van der Waals surface area contributed by atoms with Crippen molar-refractivity contribution < 1.29 is 19.5 Å². The first-order valence-corrected chi connectivity index (χ1v) is 6.31. The van der Waals surface area contributed by atoms with E-state index in [1.54, 1.807) is 24.3 Å². The Labute approximate surface area is 122 Å². The highest BCUT2D eigenvalue weighted by Gasteiger charge is 2.18. The molecule has 0 atom stereocenters. The molecule has 2 rings (SSSR count). The molecule has 0 amide bonds. The number of oxime groups is 1. The first-order chi connectivity index (χ1) is 10.1. The average Bonchev–Trinajstić information content (AvgIpc) is 2.48. The molecule has 1 N–H and O–H groups in total. The van der Waals surface area contributed by atoms with Crippen LogP contribution in [0.1, 0.15) is 11.1 Å². The molecule has 2 aromatic carbocycles. The number of aliphatic carboxylic acids is 1. The van der Waals surface area contributed by atoms with E-state index in [0.29, 0.717) is 17.1 Å². The molecule has 0 aliphatic rings. The van der Waals surface area contributed by atoms with Gasteiger partial charge in [-0.2, -0.15) is 0 Å². The van der Waals surface area contributed by atoms with Gasteiger partial charge in [-0.25, -0.2) is 4.79 Å². The van der Waals surface area contributed by atoms with Gasteiger partial charge in [-0.3, -0.25) is 0 Å². The molecule has 0 unspecified atom stereocenters. The van der Waals surface area contributed by atoms with Crippen LogP contribution >= 0.6 is 0 Å². The summed E-state index contributed by atoms with van der Waals surface area (Å²) in [6, 6.07) is 14.3. The van der Waals surface area contributed by atoms with Gasteiger partial charge in [0.05, 0.1) is 5.56 Å². The van der Waals surface area contributed by atoms with Crippen LogP contribution in [0.4, 0.5) is 0 Å². The van der Waals surface area contributed by atoms with E-state index in [0.717, 1.165) is 5.56 Å². The number of ether oxygens (including phenoxy) is 1. The Morgan fingerprint density at radius 2 is 1.67 bits per heavy atom. The average molecular weight is 285 g/mol. The second kappa shape index (κ2) is 6.56. The van der Waals surface area contributed by atoms with Gasteiger partial charge in [0.2, 0.25) is 0 Å². The summed E-state index contributed by atoms with van der Waals surface area (Å²) in [6.07, 6.45) is 0. The van der Waals surface area contributed by atoms with Gasteiger partial charge in [0, 0.05) is 0 Å². The summed E-state index contributed by atoms with van der Waals surface area (Å²) in [4.78, 5) is 15.9. The number of nitrogens with zero attached hydrogens (tertiary/aromatic N) is 1. The highest BCUT2D eigenvalue weighted by molar-refractivity contribution is 6.43. The van der Waals surface area contributed by atoms with E-state index >= 15 is 0 Å². The van der Waals surface area contributed by atoms with Crippen molar-refractivity contribution >= 4 is 11.7 Å². The van der Waals surface area contributed by atoms with Gasteiger partial charge < -0.3 is 14.7 Å². The topological polar surface area (TPSA) is 68.1 Å². The highest BCUT2D eigenvalue weighted by Crippen LogP contribution is 2.28. The van der Waals surface area contributed by atoms with E-state index in [1.165, 1.54) is 7.11 Å². The molecule has 21 heavy (non-hydrogen) atoms. The molecule has 5 heteroatoms. The third-order valence-corrected chi connectivity index (χ3v) is 2.84. The Morgan fingerprint density at radius 1 is 1.05 bits per heavy atom. The van der Waals surface area contributed by atoms with Crippen molar-refractivity contribution in [2.75, 3.05) is 7.11 Å². The van der Waals surface area contributed by atoms with Crippen molar-refractivity contribution in [2.24, 2.45) is 5.16 Å². The SMILES string of the molecule is CO/N=C(/C(=O)O)c1ccccc1Oc1ccccc1C. The number of carbonyl (C=O) groups is 1. The van der Waals surface area contributed by atoms with Crippen LogP contribution in [0.2, 0.25) is 0 Å². The molecule has 2 aromatic rings. The zero-order valence-electron chi connectivity index (χ0n) is 11.7. The maximum absolute atomic E-state index is 11.3. The van der Waals surface area contributed by atoms with Crippen molar-refractivity contribution in [2.45, 2.75) is 6.92 Å². The lowest BCUT2D eigenvalue weighted by Gasteiger charge is -2.12. The maximum atomic E-state index is 11.3. The van der Waals surface area contributed by atoms with E-state index in [1.807, 2.05) is 31.2 Å². The van der Waals surface area contributed by atoms with Gasteiger partial charge in [-0.15, -0.1) is 0 Å². The standard InChI is InChI=1S/C16H15NO4/c1-11-7-3-5-9-13(11)21-14-10-6-4-8-12(14)15(16(18)19)17-20-2/h3-10H,1-2H3,(H,18,19)/b17-15+. The smallest absolute Gasteiger partial charge is 0.358 e. The summed E-state index contributed by atoms with van der Waals surface area (Å²) in [7, 11) is 1.30. The Balaban J connectivity index is 2.44. The molecule has 108 valence electrons. The quantitative estimate of drug-likeness (QED) is 0.676. The molecule has 0 bridgehead atoms. The number of hydrogen-bond donors (Lipinski definition) is 1. The van der Waals surface area contributed by atoms with E-state index in [-0.39, 0.29) is 5.71 Å². The summed E-state index contributed by atoms with van der Waals surface area (Å²) < 4.78 is 5.82.